The fourth-order valence-corrected chi connectivity index (χ4v) is 4.68. The Bertz CT molecular complexity index is 531. The molecule has 1 saturated heterocycles. The van der Waals surface area contributed by atoms with Gasteiger partial charge in [0.2, 0.25) is 10.0 Å². The van der Waals surface area contributed by atoms with Crippen molar-refractivity contribution in [3.05, 3.63) is 16.3 Å². The van der Waals surface area contributed by atoms with Crippen LogP contribution in [-0.2, 0) is 21.3 Å². The van der Waals surface area contributed by atoms with Gasteiger partial charge in [-0.3, -0.25) is 0 Å². The monoisotopic (exact) mass is 302 g/mol. The molecule has 2 aliphatic rings. The third-order valence-corrected chi connectivity index (χ3v) is 6.34. The van der Waals surface area contributed by atoms with Gasteiger partial charge in [-0.25, -0.2) is 8.42 Å². The Morgan fingerprint density at radius 2 is 2.11 bits per heavy atom. The van der Waals surface area contributed by atoms with Crippen LogP contribution in [0.25, 0.3) is 0 Å². The normalized spacial score (nSPS) is 21.7. The molecule has 0 aromatic carbocycles. The molecule has 106 valence electrons. The van der Waals surface area contributed by atoms with E-state index in [-0.39, 0.29) is 0 Å². The van der Waals surface area contributed by atoms with Gasteiger partial charge in [0.1, 0.15) is 0 Å². The average molecular weight is 302 g/mol. The van der Waals surface area contributed by atoms with E-state index in [1.165, 1.54) is 28.5 Å². The fraction of sp³-hybridized carbons (Fsp3) is 0.667. The molecule has 1 N–H and O–H groups in total. The van der Waals surface area contributed by atoms with Crippen molar-refractivity contribution in [2.75, 3.05) is 26.3 Å². The number of morpholine rings is 1. The topological polar surface area (TPSA) is 58.6 Å². The zero-order valence-corrected chi connectivity index (χ0v) is 12.3. The first kappa shape index (κ1) is 13.5. The number of nitrogens with one attached hydrogen (secondary N) is 1. The quantitative estimate of drug-likeness (QED) is 0.882. The first-order valence-electron chi connectivity index (χ1n) is 6.55. The second kappa shape index (κ2) is 5.49. The van der Waals surface area contributed by atoms with Gasteiger partial charge in [0.25, 0.3) is 0 Å². The van der Waals surface area contributed by atoms with E-state index in [4.69, 9.17) is 4.74 Å². The number of thiophene rings is 1. The minimum Gasteiger partial charge on any atom is -0.379 e. The SMILES string of the molecule is O=S(=O)(c1csc(CNC2CC2)c1)N1CCOCC1. The summed E-state index contributed by atoms with van der Waals surface area (Å²) in [4.78, 5) is 1.51. The Morgan fingerprint density at radius 3 is 2.79 bits per heavy atom. The van der Waals surface area contributed by atoms with E-state index in [1.54, 1.807) is 11.4 Å². The summed E-state index contributed by atoms with van der Waals surface area (Å²) in [7, 11) is -3.33. The van der Waals surface area contributed by atoms with Crippen LogP contribution in [0.1, 0.15) is 17.7 Å². The van der Waals surface area contributed by atoms with Gasteiger partial charge < -0.3 is 10.1 Å². The maximum atomic E-state index is 12.4. The third kappa shape index (κ3) is 3.17. The van der Waals surface area contributed by atoms with Crippen LogP contribution in [0, 0.1) is 0 Å². The van der Waals surface area contributed by atoms with Crippen molar-refractivity contribution >= 4 is 21.4 Å². The number of hydrogen-bond donors (Lipinski definition) is 1. The molecule has 0 radical (unpaired) electrons. The molecule has 0 amide bonds. The van der Waals surface area contributed by atoms with Gasteiger partial charge in [-0.05, 0) is 18.9 Å². The lowest BCUT2D eigenvalue weighted by Crippen LogP contribution is -2.40. The van der Waals surface area contributed by atoms with Crippen molar-refractivity contribution in [3.8, 4) is 0 Å². The molecule has 7 heteroatoms. The van der Waals surface area contributed by atoms with Gasteiger partial charge >= 0.3 is 0 Å². The molecule has 19 heavy (non-hydrogen) atoms. The number of sulfonamides is 1. The summed E-state index contributed by atoms with van der Waals surface area (Å²) >= 11 is 1.51. The molecule has 0 bridgehead atoms. The van der Waals surface area contributed by atoms with Crippen LogP contribution in [0.3, 0.4) is 0 Å². The highest BCUT2D eigenvalue weighted by atomic mass is 32.2. The van der Waals surface area contributed by atoms with Crippen LogP contribution < -0.4 is 5.32 Å². The fourth-order valence-electron chi connectivity index (χ4n) is 2.06. The molecule has 0 atom stereocenters. The van der Waals surface area contributed by atoms with Crippen LogP contribution in [0.2, 0.25) is 0 Å². The predicted molar refractivity (Wildman–Crippen MR) is 73.8 cm³/mol. The molecule has 2 heterocycles. The summed E-state index contributed by atoms with van der Waals surface area (Å²) < 4.78 is 31.5. The molecule has 1 aliphatic carbocycles. The molecule has 1 aliphatic heterocycles. The molecule has 1 saturated carbocycles. The van der Waals surface area contributed by atoms with E-state index >= 15 is 0 Å². The second-order valence-electron chi connectivity index (χ2n) is 4.92. The van der Waals surface area contributed by atoms with E-state index < -0.39 is 10.0 Å². The van der Waals surface area contributed by atoms with Gasteiger partial charge in [0.15, 0.2) is 0 Å². The standard InChI is InChI=1S/C12H18N2O3S2/c15-19(16,14-3-5-17-6-4-14)12-7-11(18-9-12)8-13-10-1-2-10/h7,9-10,13H,1-6,8H2. The van der Waals surface area contributed by atoms with Gasteiger partial charge in [-0.15, -0.1) is 11.3 Å². The van der Waals surface area contributed by atoms with E-state index in [0.29, 0.717) is 37.2 Å². The summed E-state index contributed by atoms with van der Waals surface area (Å²) in [6.07, 6.45) is 2.48. The summed E-state index contributed by atoms with van der Waals surface area (Å²) in [6, 6.07) is 2.44. The molecular formula is C12H18N2O3S2. The zero-order chi connectivity index (χ0) is 13.3. The largest absolute Gasteiger partial charge is 0.379 e. The molecule has 1 aromatic rings. The summed E-state index contributed by atoms with van der Waals surface area (Å²) in [5, 5.41) is 5.14. The third-order valence-electron chi connectivity index (χ3n) is 3.38. The summed E-state index contributed by atoms with van der Waals surface area (Å²) in [5.74, 6) is 0. The van der Waals surface area contributed by atoms with Crippen LogP contribution in [-0.4, -0.2) is 45.1 Å². The minimum absolute atomic E-state index is 0.423. The number of rotatable bonds is 5. The van der Waals surface area contributed by atoms with E-state index in [2.05, 4.69) is 5.32 Å². The first-order chi connectivity index (χ1) is 9.16. The molecular weight excluding hydrogens is 284 g/mol. The van der Waals surface area contributed by atoms with E-state index in [9.17, 15) is 8.42 Å². The van der Waals surface area contributed by atoms with E-state index in [1.807, 2.05) is 0 Å². The van der Waals surface area contributed by atoms with E-state index in [0.717, 1.165) is 11.4 Å². The first-order valence-corrected chi connectivity index (χ1v) is 8.87. The van der Waals surface area contributed by atoms with Crippen LogP contribution >= 0.6 is 11.3 Å². The van der Waals surface area contributed by atoms with Crippen molar-refractivity contribution in [1.29, 1.82) is 0 Å². The lowest BCUT2D eigenvalue weighted by molar-refractivity contribution is 0.0730. The van der Waals surface area contributed by atoms with Crippen LogP contribution in [0.4, 0.5) is 0 Å². The number of nitrogens with zero attached hydrogens (tertiary/aromatic N) is 1. The smallest absolute Gasteiger partial charge is 0.244 e. The van der Waals surface area contributed by atoms with Crippen molar-refractivity contribution < 1.29 is 13.2 Å². The van der Waals surface area contributed by atoms with Crippen LogP contribution in [0.5, 0.6) is 0 Å². The Labute approximate surface area is 117 Å². The van der Waals surface area contributed by atoms with Crippen molar-refractivity contribution in [1.82, 2.24) is 9.62 Å². The minimum atomic E-state index is -3.33. The molecule has 3 rings (SSSR count). The van der Waals surface area contributed by atoms with Gasteiger partial charge in [0, 0.05) is 35.9 Å². The van der Waals surface area contributed by atoms with Crippen molar-refractivity contribution in [2.45, 2.75) is 30.3 Å². The molecule has 5 nitrogen and oxygen atoms in total. The highest BCUT2D eigenvalue weighted by Crippen LogP contribution is 2.25. The maximum Gasteiger partial charge on any atom is 0.244 e. The Morgan fingerprint density at radius 1 is 1.37 bits per heavy atom. The van der Waals surface area contributed by atoms with Crippen molar-refractivity contribution in [3.63, 3.8) is 0 Å². The van der Waals surface area contributed by atoms with Crippen molar-refractivity contribution in [2.24, 2.45) is 0 Å². The number of ether oxygens (including phenoxy) is 1. The molecule has 0 unspecified atom stereocenters. The Balaban J connectivity index is 1.69. The summed E-state index contributed by atoms with van der Waals surface area (Å²) in [5.41, 5.74) is 0. The zero-order valence-electron chi connectivity index (χ0n) is 10.7. The average Bonchev–Trinajstić information content (AvgIpc) is 3.13. The predicted octanol–water partition coefficient (Wildman–Crippen LogP) is 1.02. The second-order valence-corrected chi connectivity index (χ2v) is 7.85. The highest BCUT2D eigenvalue weighted by Gasteiger charge is 2.27. The molecule has 2 fully saturated rings. The molecule has 1 aromatic heterocycles. The Kier molecular flexibility index (Phi) is 3.91. The lowest BCUT2D eigenvalue weighted by Gasteiger charge is -2.25. The lowest BCUT2D eigenvalue weighted by atomic mass is 10.4. The van der Waals surface area contributed by atoms with Gasteiger partial charge in [0.05, 0.1) is 18.1 Å². The highest BCUT2D eigenvalue weighted by molar-refractivity contribution is 7.89. The maximum absolute atomic E-state index is 12.4. The van der Waals surface area contributed by atoms with Gasteiger partial charge in [-0.1, -0.05) is 0 Å². The van der Waals surface area contributed by atoms with Crippen LogP contribution in [0.15, 0.2) is 16.3 Å². The Hall–Kier alpha value is -0.470. The summed E-state index contributed by atoms with van der Waals surface area (Å²) in [6.45, 7) is 2.65. The molecule has 0 spiro atoms. The number of hydrogen-bond acceptors (Lipinski definition) is 5. The van der Waals surface area contributed by atoms with Gasteiger partial charge in [-0.2, -0.15) is 4.31 Å².